The number of benzene rings is 3. The molecule has 30 heavy (non-hydrogen) atoms. The number of nitrogens with zero attached hydrogens (tertiary/aromatic N) is 2. The number of hydrogen-bond acceptors (Lipinski definition) is 5. The van der Waals surface area contributed by atoms with Gasteiger partial charge >= 0.3 is 5.97 Å². The van der Waals surface area contributed by atoms with Gasteiger partial charge in [0, 0.05) is 28.6 Å². The first-order valence-electron chi connectivity index (χ1n) is 9.18. The molecule has 0 radical (unpaired) electrons. The van der Waals surface area contributed by atoms with Crippen LogP contribution in [0.1, 0.15) is 32.6 Å². The fourth-order valence-electron chi connectivity index (χ4n) is 2.98. The van der Waals surface area contributed by atoms with Crippen molar-refractivity contribution in [2.24, 2.45) is 5.16 Å². The number of oxime groups is 1. The zero-order valence-electron chi connectivity index (χ0n) is 16.5. The normalized spacial score (nSPS) is 11.2. The zero-order chi connectivity index (χ0) is 21.7. The molecule has 0 heterocycles. The van der Waals surface area contributed by atoms with Gasteiger partial charge < -0.3 is 4.84 Å². The molecule has 7 heteroatoms. The second-order valence-corrected chi connectivity index (χ2v) is 7.76. The third kappa shape index (κ3) is 5.39. The second kappa shape index (κ2) is 9.45. The largest absolute Gasteiger partial charge is 0.365 e. The molecule has 0 spiro atoms. The van der Waals surface area contributed by atoms with Crippen LogP contribution < -0.4 is 0 Å². The summed E-state index contributed by atoms with van der Waals surface area (Å²) in [5.41, 5.74) is 4.74. The van der Waals surface area contributed by atoms with Gasteiger partial charge in [-0.15, -0.1) is 0 Å². The Morgan fingerprint density at radius 3 is 2.30 bits per heavy atom. The summed E-state index contributed by atoms with van der Waals surface area (Å²) in [6.07, 6.45) is 0.357. The van der Waals surface area contributed by atoms with Crippen molar-refractivity contribution in [1.82, 2.24) is 0 Å². The van der Waals surface area contributed by atoms with Crippen molar-refractivity contribution >= 4 is 33.3 Å². The smallest absolute Gasteiger partial charge is 0.313 e. The molecule has 0 bridgehead atoms. The van der Waals surface area contributed by atoms with Crippen LogP contribution >= 0.6 is 15.9 Å². The molecule has 3 aromatic rings. The fourth-order valence-corrected chi connectivity index (χ4v) is 3.24. The van der Waals surface area contributed by atoms with E-state index in [1.165, 1.54) is 12.1 Å². The van der Waals surface area contributed by atoms with Crippen LogP contribution in [-0.4, -0.2) is 16.6 Å². The highest BCUT2D eigenvalue weighted by atomic mass is 79.9. The van der Waals surface area contributed by atoms with Crippen molar-refractivity contribution in [2.45, 2.75) is 20.3 Å². The molecule has 152 valence electrons. The molecule has 0 saturated heterocycles. The number of nitro benzene ring substituents is 1. The zero-order valence-corrected chi connectivity index (χ0v) is 18.0. The van der Waals surface area contributed by atoms with Crippen LogP contribution in [0.2, 0.25) is 0 Å². The lowest BCUT2D eigenvalue weighted by molar-refractivity contribution is -0.384. The lowest BCUT2D eigenvalue weighted by Gasteiger charge is -2.11. The van der Waals surface area contributed by atoms with E-state index in [9.17, 15) is 14.9 Å². The van der Waals surface area contributed by atoms with E-state index in [1.807, 2.05) is 32.0 Å². The molecule has 0 aromatic heterocycles. The van der Waals surface area contributed by atoms with Crippen molar-refractivity contribution in [3.05, 3.63) is 109 Å². The first kappa shape index (κ1) is 21.4. The number of carbonyl (C=O) groups is 1. The van der Waals surface area contributed by atoms with Gasteiger partial charge in [-0.25, -0.2) is 4.79 Å². The van der Waals surface area contributed by atoms with E-state index >= 15 is 0 Å². The van der Waals surface area contributed by atoms with E-state index in [0.29, 0.717) is 17.7 Å². The standard InChI is InChI=1S/C23H19BrN2O4/c1-15-3-12-21(16(2)13-15)22(14-17-4-10-20(11-5-17)26(28)29)25-30-23(27)18-6-8-19(24)9-7-18/h3-13H,14H2,1-2H3/b25-22+. The van der Waals surface area contributed by atoms with Gasteiger partial charge in [-0.05, 0) is 49.2 Å². The summed E-state index contributed by atoms with van der Waals surface area (Å²) in [6, 6.07) is 19.0. The maximum atomic E-state index is 12.4. The lowest BCUT2D eigenvalue weighted by atomic mass is 9.97. The highest BCUT2D eigenvalue weighted by molar-refractivity contribution is 9.10. The molecule has 0 unspecified atom stereocenters. The highest BCUT2D eigenvalue weighted by Crippen LogP contribution is 2.18. The monoisotopic (exact) mass is 466 g/mol. The van der Waals surface area contributed by atoms with Crippen LogP contribution in [0.5, 0.6) is 0 Å². The van der Waals surface area contributed by atoms with Crippen LogP contribution in [0.25, 0.3) is 0 Å². The van der Waals surface area contributed by atoms with Crippen molar-refractivity contribution in [1.29, 1.82) is 0 Å². The van der Waals surface area contributed by atoms with E-state index in [2.05, 4.69) is 21.1 Å². The van der Waals surface area contributed by atoms with Gasteiger partial charge in [-0.2, -0.15) is 0 Å². The molecule has 0 amide bonds. The van der Waals surface area contributed by atoms with Gasteiger partial charge in [-0.1, -0.05) is 57.0 Å². The molecule has 0 N–H and O–H groups in total. The molecule has 0 atom stereocenters. The Morgan fingerprint density at radius 1 is 1.03 bits per heavy atom. The number of nitro groups is 1. The predicted molar refractivity (Wildman–Crippen MR) is 119 cm³/mol. The molecule has 0 fully saturated rings. The molecule has 3 rings (SSSR count). The van der Waals surface area contributed by atoms with Crippen LogP contribution in [0.4, 0.5) is 5.69 Å². The van der Waals surface area contributed by atoms with Crippen molar-refractivity contribution in [3.63, 3.8) is 0 Å². The van der Waals surface area contributed by atoms with Crippen molar-refractivity contribution in [3.8, 4) is 0 Å². The first-order chi connectivity index (χ1) is 14.3. The van der Waals surface area contributed by atoms with Crippen LogP contribution in [-0.2, 0) is 11.3 Å². The third-order valence-corrected chi connectivity index (χ3v) is 5.06. The van der Waals surface area contributed by atoms with Crippen LogP contribution in [0.15, 0.2) is 76.4 Å². The molecular weight excluding hydrogens is 448 g/mol. The highest BCUT2D eigenvalue weighted by Gasteiger charge is 2.13. The molecule has 0 aliphatic heterocycles. The fraction of sp³-hybridized carbons (Fsp3) is 0.130. The van der Waals surface area contributed by atoms with E-state index in [4.69, 9.17) is 4.84 Å². The number of carbonyl (C=O) groups excluding carboxylic acids is 1. The van der Waals surface area contributed by atoms with Crippen LogP contribution in [0.3, 0.4) is 0 Å². The Bertz CT molecular complexity index is 1110. The Labute approximate surface area is 182 Å². The van der Waals surface area contributed by atoms with Gasteiger partial charge in [0.05, 0.1) is 16.2 Å². The van der Waals surface area contributed by atoms with Gasteiger partial charge in [0.15, 0.2) is 0 Å². The minimum absolute atomic E-state index is 0.0189. The van der Waals surface area contributed by atoms with Gasteiger partial charge in [0.25, 0.3) is 5.69 Å². The van der Waals surface area contributed by atoms with E-state index in [1.54, 1.807) is 36.4 Å². The maximum Gasteiger partial charge on any atom is 0.365 e. The molecule has 0 saturated carbocycles. The molecule has 0 aliphatic carbocycles. The minimum atomic E-state index is -0.562. The third-order valence-electron chi connectivity index (χ3n) is 4.53. The van der Waals surface area contributed by atoms with Crippen LogP contribution in [0, 0.1) is 24.0 Å². The van der Waals surface area contributed by atoms with Gasteiger partial charge in [-0.3, -0.25) is 10.1 Å². The summed E-state index contributed by atoms with van der Waals surface area (Å²) in [6.45, 7) is 3.96. The minimum Gasteiger partial charge on any atom is -0.313 e. The molecule has 0 aliphatic rings. The Hall–Kier alpha value is -3.32. The SMILES string of the molecule is Cc1ccc(/C(Cc2ccc([N+](=O)[O-])cc2)=N/OC(=O)c2ccc(Br)cc2)c(C)c1. The first-order valence-corrected chi connectivity index (χ1v) is 9.97. The number of halogens is 1. The average molecular weight is 467 g/mol. The van der Waals surface area contributed by atoms with E-state index in [-0.39, 0.29) is 5.69 Å². The average Bonchev–Trinajstić information content (AvgIpc) is 2.72. The number of aryl methyl sites for hydroxylation is 2. The quantitative estimate of drug-likeness (QED) is 0.199. The second-order valence-electron chi connectivity index (χ2n) is 6.84. The topological polar surface area (TPSA) is 81.8 Å². The van der Waals surface area contributed by atoms with E-state index in [0.717, 1.165) is 26.7 Å². The van der Waals surface area contributed by atoms with Gasteiger partial charge in [0.2, 0.25) is 0 Å². The Kier molecular flexibility index (Phi) is 6.74. The molecular formula is C23H19BrN2O4. The predicted octanol–water partition coefficient (Wildman–Crippen LogP) is 5.78. The van der Waals surface area contributed by atoms with Gasteiger partial charge in [0.1, 0.15) is 0 Å². The summed E-state index contributed by atoms with van der Waals surface area (Å²) in [5.74, 6) is -0.562. The summed E-state index contributed by atoms with van der Waals surface area (Å²) in [4.78, 5) is 28.1. The number of non-ortho nitro benzene ring substituents is 1. The number of hydrogen-bond donors (Lipinski definition) is 0. The lowest BCUT2D eigenvalue weighted by Crippen LogP contribution is -2.11. The van der Waals surface area contributed by atoms with Crippen molar-refractivity contribution < 1.29 is 14.6 Å². The summed E-state index contributed by atoms with van der Waals surface area (Å²) in [5, 5.41) is 15.0. The Morgan fingerprint density at radius 2 is 1.70 bits per heavy atom. The van der Waals surface area contributed by atoms with E-state index < -0.39 is 10.9 Å². The maximum absolute atomic E-state index is 12.4. The summed E-state index contributed by atoms with van der Waals surface area (Å²) >= 11 is 3.33. The Balaban J connectivity index is 1.90. The molecule has 3 aromatic carbocycles. The van der Waals surface area contributed by atoms with Crippen molar-refractivity contribution in [2.75, 3.05) is 0 Å². The summed E-state index contributed by atoms with van der Waals surface area (Å²) < 4.78 is 0.858. The summed E-state index contributed by atoms with van der Waals surface area (Å²) in [7, 11) is 0. The number of rotatable bonds is 6. The molecule has 6 nitrogen and oxygen atoms in total.